The minimum Gasteiger partial charge on any atom is -0.336 e. The molecule has 0 unspecified atom stereocenters. The summed E-state index contributed by atoms with van der Waals surface area (Å²) in [6.07, 6.45) is 0.959. The molecule has 1 aliphatic heterocycles. The minimum absolute atomic E-state index is 0.00470. The predicted octanol–water partition coefficient (Wildman–Crippen LogP) is 3.08. The van der Waals surface area contributed by atoms with Gasteiger partial charge in [0.1, 0.15) is 5.01 Å². The summed E-state index contributed by atoms with van der Waals surface area (Å²) in [5, 5.41) is 14.2. The first-order valence-electron chi connectivity index (χ1n) is 10.2. The van der Waals surface area contributed by atoms with Crippen LogP contribution in [0.15, 0.2) is 58.8 Å². The Hall–Kier alpha value is -3.15. The molecule has 0 saturated carbocycles. The third kappa shape index (κ3) is 5.44. The zero-order valence-electron chi connectivity index (χ0n) is 17.9. The first kappa shape index (κ1) is 23.0. The van der Waals surface area contributed by atoms with Crippen LogP contribution in [0.3, 0.4) is 0 Å². The normalized spacial score (nSPS) is 14.9. The summed E-state index contributed by atoms with van der Waals surface area (Å²) in [4.78, 5) is 31.7. The second-order valence-electron chi connectivity index (χ2n) is 7.82. The maximum atomic E-state index is 13.0. The Bertz CT molecular complexity index is 1280. The topological polar surface area (TPSA) is 114 Å². The van der Waals surface area contributed by atoms with E-state index in [-0.39, 0.29) is 10.5 Å². The summed E-state index contributed by atoms with van der Waals surface area (Å²) in [6, 6.07) is 13.3. The number of sulfone groups is 1. The van der Waals surface area contributed by atoms with Gasteiger partial charge in [0.05, 0.1) is 15.5 Å². The molecule has 1 fully saturated rings. The Labute approximate surface area is 195 Å². The SMILES string of the molecule is CS(=O)(=O)c1cc(C(=O)N2CCN(Cc3csc(-c4ccccc4)n3)CC2)cc([N+](=O)[O-])c1. The molecule has 11 heteroatoms. The van der Waals surface area contributed by atoms with Crippen LogP contribution in [0.4, 0.5) is 5.69 Å². The van der Waals surface area contributed by atoms with Gasteiger partial charge in [-0.3, -0.25) is 19.8 Å². The average Bonchev–Trinajstić information content (AvgIpc) is 3.27. The van der Waals surface area contributed by atoms with Gasteiger partial charge in [0.15, 0.2) is 9.84 Å². The largest absolute Gasteiger partial charge is 0.336 e. The number of non-ortho nitro benzene ring substituents is 1. The Morgan fingerprint density at radius 3 is 2.45 bits per heavy atom. The summed E-state index contributed by atoms with van der Waals surface area (Å²) >= 11 is 1.59. The Balaban J connectivity index is 1.41. The number of hydrogen-bond donors (Lipinski definition) is 0. The van der Waals surface area contributed by atoms with Crippen molar-refractivity contribution in [3.8, 4) is 10.6 Å². The second-order valence-corrected chi connectivity index (χ2v) is 10.7. The molecule has 0 spiro atoms. The van der Waals surface area contributed by atoms with E-state index in [4.69, 9.17) is 4.98 Å². The molecule has 0 atom stereocenters. The number of rotatable bonds is 6. The molecule has 3 aromatic rings. The van der Waals surface area contributed by atoms with Gasteiger partial charge in [-0.15, -0.1) is 11.3 Å². The lowest BCUT2D eigenvalue weighted by atomic mass is 10.1. The van der Waals surface area contributed by atoms with Crippen molar-refractivity contribution in [2.24, 2.45) is 0 Å². The molecule has 1 amide bonds. The fourth-order valence-electron chi connectivity index (χ4n) is 3.64. The van der Waals surface area contributed by atoms with Gasteiger partial charge in [0, 0.05) is 67.6 Å². The summed E-state index contributed by atoms with van der Waals surface area (Å²) in [5.74, 6) is -0.414. The van der Waals surface area contributed by atoms with Gasteiger partial charge in [0.25, 0.3) is 11.6 Å². The highest BCUT2D eigenvalue weighted by Crippen LogP contribution is 2.25. The number of carbonyl (C=O) groups is 1. The first-order valence-corrected chi connectivity index (χ1v) is 13.0. The fraction of sp³-hybridized carbons (Fsp3) is 0.273. The number of nitrogens with zero attached hydrogens (tertiary/aromatic N) is 4. The van der Waals surface area contributed by atoms with Crippen LogP contribution in [-0.2, 0) is 16.4 Å². The molecule has 4 rings (SSSR count). The minimum atomic E-state index is -3.70. The van der Waals surface area contributed by atoms with Gasteiger partial charge < -0.3 is 4.90 Å². The molecule has 172 valence electrons. The zero-order valence-corrected chi connectivity index (χ0v) is 19.5. The number of benzene rings is 2. The van der Waals surface area contributed by atoms with Gasteiger partial charge in [0.2, 0.25) is 0 Å². The fourth-order valence-corrected chi connectivity index (χ4v) is 5.13. The highest BCUT2D eigenvalue weighted by Gasteiger charge is 2.26. The summed E-state index contributed by atoms with van der Waals surface area (Å²) in [7, 11) is -3.70. The van der Waals surface area contributed by atoms with Crippen LogP contribution in [0.2, 0.25) is 0 Å². The van der Waals surface area contributed by atoms with Crippen LogP contribution < -0.4 is 0 Å². The van der Waals surface area contributed by atoms with Crippen LogP contribution in [0.1, 0.15) is 16.1 Å². The average molecular weight is 487 g/mol. The third-order valence-corrected chi connectivity index (χ3v) is 7.43. The molecule has 0 N–H and O–H groups in total. The monoisotopic (exact) mass is 486 g/mol. The molecule has 1 aromatic heterocycles. The van der Waals surface area contributed by atoms with Crippen LogP contribution in [0.25, 0.3) is 10.6 Å². The lowest BCUT2D eigenvalue weighted by molar-refractivity contribution is -0.385. The van der Waals surface area contributed by atoms with E-state index in [0.29, 0.717) is 32.7 Å². The first-order chi connectivity index (χ1) is 15.7. The van der Waals surface area contributed by atoms with Gasteiger partial charge in [-0.1, -0.05) is 30.3 Å². The maximum Gasteiger partial charge on any atom is 0.271 e. The van der Waals surface area contributed by atoms with Crippen molar-refractivity contribution in [3.05, 3.63) is 75.3 Å². The van der Waals surface area contributed by atoms with Crippen molar-refractivity contribution in [1.82, 2.24) is 14.8 Å². The van der Waals surface area contributed by atoms with Crippen molar-refractivity contribution in [2.75, 3.05) is 32.4 Å². The van der Waals surface area contributed by atoms with Crippen molar-refractivity contribution >= 4 is 32.8 Å². The van der Waals surface area contributed by atoms with E-state index in [1.165, 1.54) is 6.07 Å². The molecule has 2 heterocycles. The maximum absolute atomic E-state index is 13.0. The Morgan fingerprint density at radius 1 is 1.12 bits per heavy atom. The molecule has 1 saturated heterocycles. The quantitative estimate of drug-likeness (QED) is 0.389. The summed E-state index contributed by atoms with van der Waals surface area (Å²) in [6.45, 7) is 2.78. The number of aromatic nitrogens is 1. The standard InChI is InChI=1S/C22H22N4O5S2/c1-33(30,31)20-12-17(11-19(13-20)26(28)29)22(27)25-9-7-24(8-10-25)14-18-15-32-21(23-18)16-5-3-2-4-6-16/h2-6,11-13,15H,7-10,14H2,1H3. The highest BCUT2D eigenvalue weighted by atomic mass is 32.2. The lowest BCUT2D eigenvalue weighted by Crippen LogP contribution is -2.48. The van der Waals surface area contributed by atoms with E-state index >= 15 is 0 Å². The molecule has 0 aliphatic carbocycles. The van der Waals surface area contributed by atoms with Crippen molar-refractivity contribution in [3.63, 3.8) is 0 Å². The molecule has 2 aromatic carbocycles. The third-order valence-electron chi connectivity index (χ3n) is 5.39. The summed E-state index contributed by atoms with van der Waals surface area (Å²) < 4.78 is 23.8. The van der Waals surface area contributed by atoms with E-state index in [9.17, 15) is 23.3 Å². The number of thiazole rings is 1. The Kier molecular flexibility index (Phi) is 6.54. The number of carbonyl (C=O) groups excluding carboxylic acids is 1. The second kappa shape index (κ2) is 9.38. The molecular weight excluding hydrogens is 464 g/mol. The van der Waals surface area contributed by atoms with Gasteiger partial charge >= 0.3 is 0 Å². The zero-order chi connectivity index (χ0) is 23.6. The molecule has 0 radical (unpaired) electrons. The van der Waals surface area contributed by atoms with Crippen LogP contribution >= 0.6 is 11.3 Å². The van der Waals surface area contributed by atoms with Crippen LogP contribution in [-0.4, -0.2) is 66.5 Å². The van der Waals surface area contributed by atoms with Crippen molar-refractivity contribution in [2.45, 2.75) is 11.4 Å². The summed E-state index contributed by atoms with van der Waals surface area (Å²) in [5.41, 5.74) is 1.63. The van der Waals surface area contributed by atoms with E-state index < -0.39 is 26.4 Å². The van der Waals surface area contributed by atoms with E-state index in [2.05, 4.69) is 4.90 Å². The number of amides is 1. The molecular formula is C22H22N4O5S2. The molecule has 9 nitrogen and oxygen atoms in total. The predicted molar refractivity (Wildman–Crippen MR) is 125 cm³/mol. The molecule has 1 aliphatic rings. The number of piperazine rings is 1. The molecule has 33 heavy (non-hydrogen) atoms. The van der Waals surface area contributed by atoms with E-state index in [0.717, 1.165) is 34.7 Å². The van der Waals surface area contributed by atoms with Gasteiger partial charge in [-0.05, 0) is 6.07 Å². The van der Waals surface area contributed by atoms with Gasteiger partial charge in [-0.2, -0.15) is 0 Å². The number of nitro benzene ring substituents is 1. The number of hydrogen-bond acceptors (Lipinski definition) is 8. The van der Waals surface area contributed by atoms with Gasteiger partial charge in [-0.25, -0.2) is 13.4 Å². The lowest BCUT2D eigenvalue weighted by Gasteiger charge is -2.34. The van der Waals surface area contributed by atoms with Crippen molar-refractivity contribution < 1.29 is 18.1 Å². The van der Waals surface area contributed by atoms with Crippen LogP contribution in [0.5, 0.6) is 0 Å². The van der Waals surface area contributed by atoms with E-state index in [1.807, 2.05) is 35.7 Å². The Morgan fingerprint density at radius 2 is 1.82 bits per heavy atom. The van der Waals surface area contributed by atoms with E-state index in [1.54, 1.807) is 16.2 Å². The van der Waals surface area contributed by atoms with Crippen molar-refractivity contribution in [1.29, 1.82) is 0 Å². The van der Waals surface area contributed by atoms with Crippen LogP contribution in [0, 0.1) is 10.1 Å². The molecule has 0 bridgehead atoms. The number of nitro groups is 1. The highest BCUT2D eigenvalue weighted by molar-refractivity contribution is 7.90. The smallest absolute Gasteiger partial charge is 0.271 e.